The average molecular weight is 392 g/mol. The van der Waals surface area contributed by atoms with Crippen molar-refractivity contribution in [2.24, 2.45) is 5.92 Å². The number of piperidine rings is 1. The van der Waals surface area contributed by atoms with Gasteiger partial charge in [0.1, 0.15) is 0 Å². The molecule has 0 bridgehead atoms. The Hall–Kier alpha value is -2.30. The SMILES string of the molecule is OC12CCCCC1[C@H](c1ccc3c(c1)OCO3)N(C/C=C/c1ccccc1)CC2. The third kappa shape index (κ3) is 3.67. The van der Waals surface area contributed by atoms with Crippen LogP contribution in [-0.2, 0) is 0 Å². The second-order valence-electron chi connectivity index (χ2n) is 8.57. The highest BCUT2D eigenvalue weighted by atomic mass is 16.7. The van der Waals surface area contributed by atoms with Crippen LogP contribution in [0.5, 0.6) is 11.5 Å². The second-order valence-corrected chi connectivity index (χ2v) is 8.57. The van der Waals surface area contributed by atoms with Crippen LogP contribution >= 0.6 is 0 Å². The number of benzene rings is 2. The molecule has 2 heterocycles. The first-order valence-electron chi connectivity index (χ1n) is 10.8. The Morgan fingerprint density at radius 1 is 1.03 bits per heavy atom. The van der Waals surface area contributed by atoms with Gasteiger partial charge in [-0.3, -0.25) is 4.90 Å². The Bertz CT molecular complexity index is 881. The van der Waals surface area contributed by atoms with E-state index in [2.05, 4.69) is 53.5 Å². The van der Waals surface area contributed by atoms with E-state index in [9.17, 15) is 5.11 Å². The number of ether oxygens (including phenoxy) is 2. The summed E-state index contributed by atoms with van der Waals surface area (Å²) in [4.78, 5) is 2.53. The van der Waals surface area contributed by atoms with Crippen molar-refractivity contribution >= 4 is 6.08 Å². The summed E-state index contributed by atoms with van der Waals surface area (Å²) in [5.41, 5.74) is 1.91. The molecule has 5 rings (SSSR count). The molecule has 3 atom stereocenters. The molecular formula is C25H29NO3. The lowest BCUT2D eigenvalue weighted by atomic mass is 9.66. The highest BCUT2D eigenvalue weighted by molar-refractivity contribution is 5.49. The molecule has 2 aromatic rings. The van der Waals surface area contributed by atoms with Gasteiger partial charge >= 0.3 is 0 Å². The van der Waals surface area contributed by atoms with Gasteiger partial charge in [-0.2, -0.15) is 0 Å². The number of rotatable bonds is 4. The molecular weight excluding hydrogens is 362 g/mol. The Balaban J connectivity index is 1.43. The van der Waals surface area contributed by atoms with Gasteiger partial charge in [0.25, 0.3) is 0 Å². The van der Waals surface area contributed by atoms with Gasteiger partial charge in [-0.15, -0.1) is 0 Å². The smallest absolute Gasteiger partial charge is 0.231 e. The van der Waals surface area contributed by atoms with Crippen molar-refractivity contribution in [1.29, 1.82) is 0 Å². The molecule has 1 aliphatic carbocycles. The zero-order valence-electron chi connectivity index (χ0n) is 16.8. The fourth-order valence-electron chi connectivity index (χ4n) is 5.38. The number of nitrogens with zero attached hydrogens (tertiary/aromatic N) is 1. The Labute approximate surface area is 172 Å². The van der Waals surface area contributed by atoms with Gasteiger partial charge in [-0.05, 0) is 42.5 Å². The minimum Gasteiger partial charge on any atom is -0.454 e. The minimum atomic E-state index is -0.543. The first kappa shape index (κ1) is 18.7. The van der Waals surface area contributed by atoms with E-state index < -0.39 is 5.60 Å². The third-order valence-electron chi connectivity index (χ3n) is 6.86. The van der Waals surface area contributed by atoms with E-state index in [1.807, 2.05) is 12.1 Å². The van der Waals surface area contributed by atoms with E-state index in [1.165, 1.54) is 17.5 Å². The van der Waals surface area contributed by atoms with Crippen molar-refractivity contribution in [2.75, 3.05) is 19.9 Å². The van der Waals surface area contributed by atoms with E-state index in [0.717, 1.165) is 50.3 Å². The van der Waals surface area contributed by atoms with E-state index in [-0.39, 0.29) is 12.0 Å². The maximum absolute atomic E-state index is 11.4. The van der Waals surface area contributed by atoms with Crippen molar-refractivity contribution in [2.45, 2.75) is 43.7 Å². The third-order valence-corrected chi connectivity index (χ3v) is 6.86. The van der Waals surface area contributed by atoms with E-state index in [4.69, 9.17) is 9.47 Å². The zero-order valence-corrected chi connectivity index (χ0v) is 16.8. The fourth-order valence-corrected chi connectivity index (χ4v) is 5.38. The monoisotopic (exact) mass is 391 g/mol. The van der Waals surface area contributed by atoms with Crippen molar-refractivity contribution in [3.63, 3.8) is 0 Å². The molecule has 0 spiro atoms. The van der Waals surface area contributed by atoms with Gasteiger partial charge in [-0.1, -0.05) is 61.4 Å². The van der Waals surface area contributed by atoms with Crippen LogP contribution in [-0.4, -0.2) is 35.5 Å². The van der Waals surface area contributed by atoms with Gasteiger partial charge < -0.3 is 14.6 Å². The molecule has 1 N–H and O–H groups in total. The normalized spacial score (nSPS) is 29.1. The minimum absolute atomic E-state index is 0.198. The van der Waals surface area contributed by atoms with Crippen LogP contribution in [0.2, 0.25) is 0 Å². The first-order valence-corrected chi connectivity index (χ1v) is 10.8. The number of likely N-dealkylation sites (tertiary alicyclic amines) is 1. The Kier molecular flexibility index (Phi) is 5.06. The summed E-state index contributed by atoms with van der Waals surface area (Å²) in [6, 6.07) is 16.9. The molecule has 4 heteroatoms. The maximum atomic E-state index is 11.4. The van der Waals surface area contributed by atoms with Crippen LogP contribution in [0.15, 0.2) is 54.6 Å². The number of aliphatic hydroxyl groups is 1. The van der Waals surface area contributed by atoms with Crippen LogP contribution < -0.4 is 9.47 Å². The summed E-state index contributed by atoms with van der Waals surface area (Å²) in [5.74, 6) is 1.90. The number of hydrogen-bond acceptors (Lipinski definition) is 4. The molecule has 1 saturated carbocycles. The van der Waals surface area contributed by atoms with Gasteiger partial charge in [0, 0.05) is 25.0 Å². The first-order chi connectivity index (χ1) is 14.2. The second kappa shape index (κ2) is 7.85. The number of fused-ring (bicyclic) bond motifs is 2. The van der Waals surface area contributed by atoms with Crippen molar-refractivity contribution in [3.05, 3.63) is 65.7 Å². The highest BCUT2D eigenvalue weighted by Gasteiger charge is 2.48. The molecule has 2 aromatic carbocycles. The van der Waals surface area contributed by atoms with Gasteiger partial charge in [0.2, 0.25) is 6.79 Å². The molecule has 29 heavy (non-hydrogen) atoms. The van der Waals surface area contributed by atoms with Gasteiger partial charge in [0.05, 0.1) is 5.60 Å². The zero-order chi connectivity index (χ0) is 19.7. The molecule has 0 aromatic heterocycles. The summed E-state index contributed by atoms with van der Waals surface area (Å²) >= 11 is 0. The van der Waals surface area contributed by atoms with Crippen LogP contribution in [0.4, 0.5) is 0 Å². The summed E-state index contributed by atoms with van der Waals surface area (Å²) in [6.07, 6.45) is 9.64. The quantitative estimate of drug-likeness (QED) is 0.813. The molecule has 2 fully saturated rings. The van der Waals surface area contributed by atoms with Crippen molar-refractivity contribution < 1.29 is 14.6 Å². The largest absolute Gasteiger partial charge is 0.454 e. The highest BCUT2D eigenvalue weighted by Crippen LogP contribution is 2.50. The van der Waals surface area contributed by atoms with Crippen LogP contribution in [0.3, 0.4) is 0 Å². The summed E-state index contributed by atoms with van der Waals surface area (Å²) in [7, 11) is 0. The van der Waals surface area contributed by atoms with Crippen LogP contribution in [0.1, 0.15) is 49.3 Å². The van der Waals surface area contributed by atoms with E-state index >= 15 is 0 Å². The predicted octanol–water partition coefficient (Wildman–Crippen LogP) is 4.80. The fraction of sp³-hybridized carbons (Fsp3) is 0.440. The Morgan fingerprint density at radius 3 is 2.79 bits per heavy atom. The van der Waals surface area contributed by atoms with Crippen LogP contribution in [0.25, 0.3) is 6.08 Å². The van der Waals surface area contributed by atoms with Crippen LogP contribution in [0, 0.1) is 5.92 Å². The predicted molar refractivity (Wildman–Crippen MR) is 114 cm³/mol. The molecule has 0 radical (unpaired) electrons. The average Bonchev–Trinajstić information content (AvgIpc) is 3.22. The molecule has 0 amide bonds. The van der Waals surface area contributed by atoms with Crippen molar-refractivity contribution in [3.8, 4) is 11.5 Å². The number of hydrogen-bond donors (Lipinski definition) is 1. The molecule has 152 valence electrons. The van der Waals surface area contributed by atoms with Gasteiger partial charge in [0.15, 0.2) is 11.5 Å². The molecule has 4 nitrogen and oxygen atoms in total. The lowest BCUT2D eigenvalue weighted by Gasteiger charge is -2.52. The molecule has 2 unspecified atom stereocenters. The van der Waals surface area contributed by atoms with Crippen molar-refractivity contribution in [1.82, 2.24) is 4.90 Å². The lowest BCUT2D eigenvalue weighted by Crippen LogP contribution is -2.54. The van der Waals surface area contributed by atoms with E-state index in [0.29, 0.717) is 6.79 Å². The lowest BCUT2D eigenvalue weighted by molar-refractivity contribution is -0.122. The van der Waals surface area contributed by atoms with Gasteiger partial charge in [-0.25, -0.2) is 0 Å². The van der Waals surface area contributed by atoms with E-state index in [1.54, 1.807) is 0 Å². The summed E-state index contributed by atoms with van der Waals surface area (Å²) in [6.45, 7) is 2.08. The molecule has 1 saturated heterocycles. The topological polar surface area (TPSA) is 41.9 Å². The molecule has 2 aliphatic heterocycles. The maximum Gasteiger partial charge on any atom is 0.231 e. The summed E-state index contributed by atoms with van der Waals surface area (Å²) < 4.78 is 11.2. The Morgan fingerprint density at radius 2 is 1.90 bits per heavy atom. The summed E-state index contributed by atoms with van der Waals surface area (Å²) in [5, 5.41) is 11.4. The standard InChI is InChI=1S/C25H29NO3/c27-25-13-5-4-10-21(25)24(20-11-12-22-23(17-20)29-18-28-22)26(16-14-25)15-6-9-19-7-2-1-3-8-19/h1-3,6-9,11-12,17,21,24,27H,4-5,10,13-16,18H2/b9-6+/t21?,24-,25?/m0/s1. The molecule has 3 aliphatic rings.